The zero-order valence-electron chi connectivity index (χ0n) is 23.4. The van der Waals surface area contributed by atoms with Gasteiger partial charge >= 0.3 is 5.97 Å². The van der Waals surface area contributed by atoms with Gasteiger partial charge in [0.05, 0.1) is 6.10 Å². The normalized spacial score (nSPS) is 40.7. The van der Waals surface area contributed by atoms with E-state index in [4.69, 9.17) is 4.74 Å². The van der Waals surface area contributed by atoms with Crippen molar-refractivity contribution in [1.29, 1.82) is 0 Å². The van der Waals surface area contributed by atoms with Crippen LogP contribution in [0.15, 0.2) is 36.8 Å². The van der Waals surface area contributed by atoms with Crippen molar-refractivity contribution in [1.82, 2.24) is 0 Å². The number of aliphatic carboxylic acids is 1. The van der Waals surface area contributed by atoms with Crippen LogP contribution in [-0.4, -0.2) is 41.0 Å². The molecule has 1 heterocycles. The van der Waals surface area contributed by atoms with Gasteiger partial charge in [-0.25, -0.2) is 4.79 Å². The van der Waals surface area contributed by atoms with Crippen LogP contribution >= 0.6 is 0 Å². The second-order valence-electron chi connectivity index (χ2n) is 13.1. The average molecular weight is 519 g/mol. The summed E-state index contributed by atoms with van der Waals surface area (Å²) in [4.78, 5) is 26.7. The lowest BCUT2D eigenvalue weighted by Gasteiger charge is -2.63. The Kier molecular flexibility index (Phi) is 6.61. The van der Waals surface area contributed by atoms with Crippen LogP contribution in [0.2, 0.25) is 6.82 Å². The van der Waals surface area contributed by atoms with Gasteiger partial charge < -0.3 is 20.2 Å². The van der Waals surface area contributed by atoms with Crippen molar-refractivity contribution in [3.63, 3.8) is 0 Å². The average Bonchev–Trinajstić information content (AvgIpc) is 3.24. The van der Waals surface area contributed by atoms with Crippen molar-refractivity contribution in [3.8, 4) is 5.75 Å². The number of rotatable bonds is 5. The zero-order valence-corrected chi connectivity index (χ0v) is 23.4. The molecule has 0 radical (unpaired) electrons. The summed E-state index contributed by atoms with van der Waals surface area (Å²) in [6.07, 6.45) is 5.33. The molecular weight excluding hydrogens is 477 g/mol. The van der Waals surface area contributed by atoms with E-state index in [-0.39, 0.29) is 35.8 Å². The molecule has 9 atom stereocenters. The summed E-state index contributed by atoms with van der Waals surface area (Å²) in [6.45, 7) is 14.7. The summed E-state index contributed by atoms with van der Waals surface area (Å²) >= 11 is 0. The fraction of sp³-hybridized carbons (Fsp3) is 0.613. The molecule has 1 unspecified atom stereocenters. The number of carbonyl (C=O) groups excluding carboxylic acids is 1. The van der Waals surface area contributed by atoms with E-state index in [0.717, 1.165) is 30.5 Å². The van der Waals surface area contributed by atoms with Crippen molar-refractivity contribution >= 4 is 30.4 Å². The topological polar surface area (TPSA) is 95.9 Å². The molecule has 204 valence electrons. The van der Waals surface area contributed by atoms with Gasteiger partial charge in [0.25, 0.3) is 6.85 Å². The van der Waals surface area contributed by atoms with Crippen LogP contribution in [-0.2, 0) is 9.59 Å². The molecule has 3 saturated carbocycles. The molecule has 7 heteroatoms. The highest BCUT2D eigenvalue weighted by molar-refractivity contribution is 6.67. The van der Waals surface area contributed by atoms with E-state index in [1.54, 1.807) is 6.08 Å². The van der Waals surface area contributed by atoms with Crippen LogP contribution in [0, 0.1) is 39.9 Å². The third-order valence-corrected chi connectivity index (χ3v) is 11.3. The fourth-order valence-corrected chi connectivity index (χ4v) is 8.79. The lowest BCUT2D eigenvalue weighted by molar-refractivity contribution is -0.193. The molecule has 0 aromatic heterocycles. The molecule has 0 spiro atoms. The lowest BCUT2D eigenvalue weighted by Crippen LogP contribution is -2.63. The van der Waals surface area contributed by atoms with Crippen LogP contribution < -0.4 is 9.96 Å². The Morgan fingerprint density at radius 2 is 2.03 bits per heavy atom. The van der Waals surface area contributed by atoms with Crippen LogP contribution in [0.25, 0.3) is 6.08 Å². The molecule has 38 heavy (non-hydrogen) atoms. The molecule has 1 aromatic carbocycles. The Labute approximate surface area is 227 Å². The van der Waals surface area contributed by atoms with E-state index in [0.29, 0.717) is 18.6 Å². The molecule has 1 aromatic rings. The number of hydrogen-bond donors (Lipinski definition) is 3. The fourth-order valence-electron chi connectivity index (χ4n) is 8.79. The second-order valence-corrected chi connectivity index (χ2v) is 13.1. The number of anilines is 1. The highest BCUT2D eigenvalue weighted by Gasteiger charge is 2.68. The summed E-state index contributed by atoms with van der Waals surface area (Å²) in [5, 5.41) is 25.9. The first-order valence-electron chi connectivity index (χ1n) is 14.2. The third-order valence-electron chi connectivity index (χ3n) is 11.3. The number of benzene rings is 1. The van der Waals surface area contributed by atoms with E-state index in [1.807, 2.05) is 25.1 Å². The van der Waals surface area contributed by atoms with E-state index < -0.39 is 34.9 Å². The van der Waals surface area contributed by atoms with Gasteiger partial charge in [-0.1, -0.05) is 52.6 Å². The largest absolute Gasteiger partial charge is 0.478 e. The number of ketones is 1. The molecule has 0 amide bonds. The Morgan fingerprint density at radius 1 is 1.29 bits per heavy atom. The highest BCUT2D eigenvalue weighted by Crippen LogP contribution is 2.69. The van der Waals surface area contributed by atoms with Crippen molar-refractivity contribution in [2.45, 2.75) is 78.8 Å². The number of hydrogen-bond acceptors (Lipinski definition) is 5. The number of carboxylic acids is 1. The van der Waals surface area contributed by atoms with Crippen molar-refractivity contribution in [3.05, 3.63) is 42.4 Å². The molecule has 1 aliphatic heterocycles. The SMILES string of the molecule is C=C[C@]1(C)C[C@@H](C(Oc2ccc3c(c2)NB(C)C=C3)C(=O)O)[C@@]2(C)[C@H](C)CC[C@]3(CCC(=O)[C@H]32)[C@@H](C)[C@@H]1O. The number of ether oxygens (including phenoxy) is 1. The summed E-state index contributed by atoms with van der Waals surface area (Å²) in [5.41, 5.74) is 0.264. The van der Waals surface area contributed by atoms with E-state index in [2.05, 4.69) is 51.5 Å². The predicted octanol–water partition coefficient (Wildman–Crippen LogP) is 5.73. The summed E-state index contributed by atoms with van der Waals surface area (Å²) in [5.74, 6) is 0.964. The molecule has 4 aliphatic rings. The maximum absolute atomic E-state index is 13.7. The number of nitrogens with one attached hydrogen (secondary N) is 1. The van der Waals surface area contributed by atoms with Gasteiger partial charge in [-0.3, -0.25) is 4.79 Å². The standard InChI is InChI=1S/C31H42BNO5/c1-7-29(4)17-22(25(28(36)37)38-21-9-8-20-12-15-32(6)33-23(20)16-21)30(5)18(2)10-13-31(19(3)27(29)35)14-11-24(34)26(30)31/h7-9,12,15-16,18-19,22,25-27,33,35H,1,10-11,13-14,17H2,2-6H3,(H,36,37)/t18-,19+,22+,25?,26+,27+,29-,30-,31+/m1/s1. The van der Waals surface area contributed by atoms with Gasteiger partial charge in [-0.05, 0) is 66.0 Å². The number of aliphatic hydroxyl groups is 1. The first-order chi connectivity index (χ1) is 17.9. The quantitative estimate of drug-likeness (QED) is 0.340. The van der Waals surface area contributed by atoms with Gasteiger partial charge in [0.2, 0.25) is 0 Å². The number of fused-ring (bicyclic) bond motifs is 1. The number of carboxylic acid groups (broad SMARTS) is 1. The molecule has 3 aliphatic carbocycles. The van der Waals surface area contributed by atoms with Crippen molar-refractivity contribution in [2.24, 2.45) is 39.9 Å². The smallest absolute Gasteiger partial charge is 0.345 e. The number of carbonyl (C=O) groups is 2. The van der Waals surface area contributed by atoms with Crippen molar-refractivity contribution < 1.29 is 24.5 Å². The lowest BCUT2D eigenvalue weighted by atomic mass is 9.41. The van der Waals surface area contributed by atoms with Crippen LogP contribution in [0.1, 0.15) is 65.4 Å². The van der Waals surface area contributed by atoms with E-state index in [1.165, 1.54) is 0 Å². The maximum Gasteiger partial charge on any atom is 0.345 e. The van der Waals surface area contributed by atoms with Gasteiger partial charge in [0.15, 0.2) is 6.10 Å². The predicted molar refractivity (Wildman–Crippen MR) is 151 cm³/mol. The molecule has 2 bridgehead atoms. The van der Waals surface area contributed by atoms with Crippen LogP contribution in [0.3, 0.4) is 0 Å². The summed E-state index contributed by atoms with van der Waals surface area (Å²) in [6, 6.07) is 5.63. The molecular formula is C31H42BNO5. The Hall–Kier alpha value is -2.54. The highest BCUT2D eigenvalue weighted by atomic mass is 16.5. The summed E-state index contributed by atoms with van der Waals surface area (Å²) in [7, 11) is 0. The van der Waals surface area contributed by atoms with Gasteiger partial charge in [-0.2, -0.15) is 0 Å². The first-order valence-corrected chi connectivity index (χ1v) is 14.2. The maximum atomic E-state index is 13.7. The molecule has 3 fully saturated rings. The number of aliphatic hydroxyl groups excluding tert-OH is 1. The van der Waals surface area contributed by atoms with Crippen molar-refractivity contribution in [2.75, 3.05) is 5.23 Å². The van der Waals surface area contributed by atoms with E-state index >= 15 is 0 Å². The Bertz CT molecular complexity index is 1180. The Balaban J connectivity index is 1.64. The molecule has 5 rings (SSSR count). The first kappa shape index (κ1) is 27.0. The minimum absolute atomic E-state index is 0.0966. The van der Waals surface area contributed by atoms with E-state index in [9.17, 15) is 19.8 Å². The van der Waals surface area contributed by atoms with Gasteiger partial charge in [0, 0.05) is 35.4 Å². The molecule has 6 nitrogen and oxygen atoms in total. The monoisotopic (exact) mass is 519 g/mol. The van der Waals surface area contributed by atoms with Gasteiger partial charge in [-0.15, -0.1) is 6.58 Å². The summed E-state index contributed by atoms with van der Waals surface area (Å²) < 4.78 is 6.41. The van der Waals surface area contributed by atoms with Crippen LogP contribution in [0.5, 0.6) is 5.75 Å². The Morgan fingerprint density at radius 3 is 2.71 bits per heavy atom. The minimum Gasteiger partial charge on any atom is -0.478 e. The van der Waals surface area contributed by atoms with Gasteiger partial charge in [0.1, 0.15) is 11.5 Å². The molecule has 3 N–H and O–H groups in total. The van der Waals surface area contributed by atoms with Crippen LogP contribution in [0.4, 0.5) is 5.69 Å². The number of Topliss-reactive ketones (excluding diaryl/α,β-unsaturated/α-hetero) is 1. The second kappa shape index (κ2) is 9.29. The third kappa shape index (κ3) is 3.87. The molecule has 0 saturated heterocycles. The minimum atomic E-state index is -1.18. The zero-order chi connectivity index (χ0) is 27.6.